The van der Waals surface area contributed by atoms with Crippen LogP contribution >= 0.6 is 11.6 Å². The predicted molar refractivity (Wildman–Crippen MR) is 90.8 cm³/mol. The van der Waals surface area contributed by atoms with Gasteiger partial charge in [-0.05, 0) is 51.0 Å². The number of nitrogens with one attached hydrogen (secondary N) is 1. The maximum Gasteiger partial charge on any atom is 0.143 e. The van der Waals surface area contributed by atoms with Gasteiger partial charge in [-0.15, -0.1) is 0 Å². The van der Waals surface area contributed by atoms with E-state index in [0.717, 1.165) is 50.1 Å². The highest BCUT2D eigenvalue weighted by Gasteiger charge is 2.17. The van der Waals surface area contributed by atoms with E-state index in [1.54, 1.807) is 0 Å². The fraction of sp³-hybridized carbons (Fsp3) is 0.235. The number of benzene rings is 1. The van der Waals surface area contributed by atoms with E-state index in [9.17, 15) is 0 Å². The summed E-state index contributed by atoms with van der Waals surface area (Å²) in [6.45, 7) is 7.78. The Hall–Kier alpha value is -2.40. The molecule has 0 spiro atoms. The highest BCUT2D eigenvalue weighted by Crippen LogP contribution is 2.36. The van der Waals surface area contributed by atoms with Crippen LogP contribution in [0.5, 0.6) is 0 Å². The van der Waals surface area contributed by atoms with Gasteiger partial charge in [0.1, 0.15) is 22.4 Å². The normalized spacial score (nSPS) is 11.7. The third-order valence-corrected chi connectivity index (χ3v) is 4.44. The van der Waals surface area contributed by atoms with Gasteiger partial charge in [0.05, 0.1) is 11.1 Å². The van der Waals surface area contributed by atoms with Crippen LogP contribution < -0.4 is 0 Å². The summed E-state index contributed by atoms with van der Waals surface area (Å²) in [4.78, 5) is 12.1. The molecule has 0 saturated carbocycles. The average Bonchev–Trinajstić information content (AvgIpc) is 2.98. The van der Waals surface area contributed by atoms with Crippen molar-refractivity contribution in [1.29, 1.82) is 0 Å². The van der Waals surface area contributed by atoms with Crippen molar-refractivity contribution in [2.45, 2.75) is 27.7 Å². The molecule has 0 saturated heterocycles. The van der Waals surface area contributed by atoms with Gasteiger partial charge in [-0.2, -0.15) is 0 Å². The summed E-state index contributed by atoms with van der Waals surface area (Å²) >= 11 is 6.33. The molecule has 0 radical (unpaired) electrons. The number of halogens is 1. The number of aryl methyl sites for hydroxylation is 4. The van der Waals surface area contributed by atoms with Gasteiger partial charge in [-0.3, -0.25) is 0 Å². The molecular formula is C17H15ClN4O. The van der Waals surface area contributed by atoms with Crippen molar-refractivity contribution in [3.05, 3.63) is 40.1 Å². The van der Waals surface area contributed by atoms with Gasteiger partial charge in [-0.1, -0.05) is 16.8 Å². The lowest BCUT2D eigenvalue weighted by atomic mass is 9.97. The molecule has 0 aliphatic rings. The Morgan fingerprint density at radius 2 is 1.87 bits per heavy atom. The average molecular weight is 327 g/mol. The standard InChI is InChI=1S/C17H15ClN4O/c1-7-5-12-13(6-11(7)14-8(2)22-23-9(14)3)21-17-15(12)16(18)19-10(4)20-17/h5-6H,1-4H3,(H,19,20,21). The maximum atomic E-state index is 6.33. The van der Waals surface area contributed by atoms with E-state index in [-0.39, 0.29) is 0 Å². The molecule has 0 aliphatic heterocycles. The summed E-state index contributed by atoms with van der Waals surface area (Å²) in [5, 5.41) is 6.42. The fourth-order valence-electron chi connectivity index (χ4n) is 3.15. The SMILES string of the molecule is Cc1nc(Cl)c2c(n1)[nH]c1cc(-c3c(C)noc3C)c(C)cc12. The summed E-state index contributed by atoms with van der Waals surface area (Å²) in [6, 6.07) is 4.21. The number of nitrogens with zero attached hydrogens (tertiary/aromatic N) is 3. The molecule has 4 aromatic rings. The Morgan fingerprint density at radius 1 is 1.09 bits per heavy atom. The van der Waals surface area contributed by atoms with Gasteiger partial charge < -0.3 is 9.51 Å². The van der Waals surface area contributed by atoms with E-state index < -0.39 is 0 Å². The first-order chi connectivity index (χ1) is 11.0. The van der Waals surface area contributed by atoms with E-state index in [4.69, 9.17) is 16.1 Å². The zero-order chi connectivity index (χ0) is 16.3. The Morgan fingerprint density at radius 3 is 2.57 bits per heavy atom. The van der Waals surface area contributed by atoms with Crippen LogP contribution in [0, 0.1) is 27.7 Å². The fourth-order valence-corrected chi connectivity index (χ4v) is 3.46. The second-order valence-electron chi connectivity index (χ2n) is 5.82. The van der Waals surface area contributed by atoms with Gasteiger partial charge in [0, 0.05) is 16.5 Å². The lowest BCUT2D eigenvalue weighted by Gasteiger charge is -2.06. The Bertz CT molecular complexity index is 1060. The van der Waals surface area contributed by atoms with Gasteiger partial charge >= 0.3 is 0 Å². The van der Waals surface area contributed by atoms with Crippen LogP contribution in [-0.2, 0) is 0 Å². The summed E-state index contributed by atoms with van der Waals surface area (Å²) in [7, 11) is 0. The lowest BCUT2D eigenvalue weighted by molar-refractivity contribution is 0.393. The summed E-state index contributed by atoms with van der Waals surface area (Å²) in [6.07, 6.45) is 0. The van der Waals surface area contributed by atoms with Crippen molar-refractivity contribution in [2.24, 2.45) is 0 Å². The molecule has 23 heavy (non-hydrogen) atoms. The highest BCUT2D eigenvalue weighted by atomic mass is 35.5. The molecule has 4 rings (SSSR count). The van der Waals surface area contributed by atoms with Crippen LogP contribution in [-0.4, -0.2) is 20.1 Å². The molecule has 3 heterocycles. The van der Waals surface area contributed by atoms with Crippen LogP contribution in [0.25, 0.3) is 33.1 Å². The summed E-state index contributed by atoms with van der Waals surface area (Å²) in [5.41, 5.74) is 5.88. The molecule has 0 fully saturated rings. The van der Waals surface area contributed by atoms with Crippen LogP contribution in [0.2, 0.25) is 5.15 Å². The molecule has 0 atom stereocenters. The monoisotopic (exact) mass is 326 g/mol. The first kappa shape index (κ1) is 14.2. The minimum Gasteiger partial charge on any atom is -0.361 e. The molecule has 0 aliphatic carbocycles. The Kier molecular flexibility index (Phi) is 2.96. The van der Waals surface area contributed by atoms with E-state index in [0.29, 0.717) is 11.0 Å². The maximum absolute atomic E-state index is 6.33. The molecular weight excluding hydrogens is 312 g/mol. The van der Waals surface area contributed by atoms with Crippen molar-refractivity contribution < 1.29 is 4.52 Å². The van der Waals surface area contributed by atoms with Gasteiger partial charge in [-0.25, -0.2) is 9.97 Å². The quantitative estimate of drug-likeness (QED) is 0.517. The molecule has 0 amide bonds. The van der Waals surface area contributed by atoms with Gasteiger partial charge in [0.25, 0.3) is 0 Å². The first-order valence-electron chi connectivity index (χ1n) is 7.35. The Labute approximate surface area is 137 Å². The zero-order valence-corrected chi connectivity index (χ0v) is 14.0. The second-order valence-corrected chi connectivity index (χ2v) is 6.18. The molecule has 0 unspecified atom stereocenters. The van der Waals surface area contributed by atoms with E-state index in [1.165, 1.54) is 0 Å². The second kappa shape index (κ2) is 4.80. The molecule has 1 aromatic carbocycles. The molecule has 0 bridgehead atoms. The van der Waals surface area contributed by atoms with Crippen LogP contribution in [0.15, 0.2) is 16.7 Å². The van der Waals surface area contributed by atoms with Crippen molar-refractivity contribution in [2.75, 3.05) is 0 Å². The minimum atomic E-state index is 0.475. The molecule has 1 N–H and O–H groups in total. The lowest BCUT2D eigenvalue weighted by Crippen LogP contribution is -1.88. The minimum absolute atomic E-state index is 0.475. The van der Waals surface area contributed by atoms with Crippen molar-refractivity contribution in [3.8, 4) is 11.1 Å². The number of rotatable bonds is 1. The van der Waals surface area contributed by atoms with Gasteiger partial charge in [0.2, 0.25) is 0 Å². The third kappa shape index (κ3) is 2.04. The third-order valence-electron chi connectivity index (χ3n) is 4.17. The van der Waals surface area contributed by atoms with Gasteiger partial charge in [0.15, 0.2) is 0 Å². The first-order valence-corrected chi connectivity index (χ1v) is 7.73. The zero-order valence-electron chi connectivity index (χ0n) is 13.3. The molecule has 6 heteroatoms. The molecule has 3 aromatic heterocycles. The number of aromatic nitrogens is 4. The largest absolute Gasteiger partial charge is 0.361 e. The molecule has 116 valence electrons. The highest BCUT2D eigenvalue weighted by molar-refractivity contribution is 6.36. The number of hydrogen-bond donors (Lipinski definition) is 1. The van der Waals surface area contributed by atoms with Crippen molar-refractivity contribution in [3.63, 3.8) is 0 Å². The number of aromatic amines is 1. The summed E-state index contributed by atoms with van der Waals surface area (Å²) in [5.74, 6) is 1.46. The van der Waals surface area contributed by atoms with E-state index in [1.807, 2.05) is 20.8 Å². The number of hydrogen-bond acceptors (Lipinski definition) is 4. The summed E-state index contributed by atoms with van der Waals surface area (Å²) < 4.78 is 5.31. The van der Waals surface area contributed by atoms with Crippen molar-refractivity contribution >= 4 is 33.5 Å². The van der Waals surface area contributed by atoms with Crippen LogP contribution in [0.1, 0.15) is 22.8 Å². The van der Waals surface area contributed by atoms with E-state index in [2.05, 4.69) is 39.2 Å². The van der Waals surface area contributed by atoms with E-state index >= 15 is 0 Å². The smallest absolute Gasteiger partial charge is 0.143 e. The van der Waals surface area contributed by atoms with Crippen LogP contribution in [0.3, 0.4) is 0 Å². The van der Waals surface area contributed by atoms with Crippen molar-refractivity contribution in [1.82, 2.24) is 20.1 Å². The molecule has 5 nitrogen and oxygen atoms in total. The van der Waals surface area contributed by atoms with Crippen LogP contribution in [0.4, 0.5) is 0 Å². The Balaban J connectivity index is 2.09. The predicted octanol–water partition coefficient (Wildman–Crippen LogP) is 4.65. The number of fused-ring (bicyclic) bond motifs is 3. The number of H-pyrrole nitrogens is 1. The topological polar surface area (TPSA) is 67.6 Å².